The minimum Gasteiger partial charge on any atom is -0.473 e. The maximum absolute atomic E-state index is 13.3. The number of epoxide rings is 1. The highest BCUT2D eigenvalue weighted by Gasteiger charge is 2.77. The van der Waals surface area contributed by atoms with Crippen LogP contribution in [0.1, 0.15) is 45.1 Å². The molecule has 1 unspecified atom stereocenters. The largest absolute Gasteiger partial charge is 0.473 e. The van der Waals surface area contributed by atoms with Gasteiger partial charge in [-0.25, -0.2) is 9.59 Å². The molecule has 5 fully saturated rings. The van der Waals surface area contributed by atoms with Crippen LogP contribution in [0.5, 0.6) is 0 Å². The van der Waals surface area contributed by atoms with Crippen molar-refractivity contribution in [3.63, 3.8) is 0 Å². The molecule has 3 heterocycles. The predicted octanol–water partition coefficient (Wildman–Crippen LogP) is 3.00. The topological polar surface area (TPSA) is 120 Å². The van der Waals surface area contributed by atoms with Gasteiger partial charge >= 0.3 is 17.9 Å². The highest BCUT2D eigenvalue weighted by molar-refractivity contribution is 6.27. The number of aliphatic carboxylic acids is 2. The van der Waals surface area contributed by atoms with Gasteiger partial charge in [0.1, 0.15) is 11.7 Å². The van der Waals surface area contributed by atoms with Gasteiger partial charge in [-0.1, -0.05) is 49.4 Å². The number of nitrogens with zero attached hydrogens (tertiary/aromatic N) is 2. The molecule has 9 heteroatoms. The first-order valence-corrected chi connectivity index (χ1v) is 14.2. The molecule has 2 aliphatic carbocycles. The third-order valence-corrected chi connectivity index (χ3v) is 9.67. The van der Waals surface area contributed by atoms with Crippen molar-refractivity contribution in [2.45, 2.75) is 56.8 Å². The fourth-order valence-electron chi connectivity index (χ4n) is 7.60. The van der Waals surface area contributed by atoms with Crippen LogP contribution in [0.2, 0.25) is 0 Å². The highest BCUT2D eigenvalue weighted by Crippen LogP contribution is 2.66. The number of hydrogen-bond donors (Lipinski definition) is 2. The van der Waals surface area contributed by atoms with Gasteiger partial charge in [0.15, 0.2) is 0 Å². The molecule has 1 aromatic carbocycles. The highest BCUT2D eigenvalue weighted by atomic mass is 16.7. The minimum absolute atomic E-state index is 0.0103. The van der Waals surface area contributed by atoms with Gasteiger partial charge in [-0.2, -0.15) is 0 Å². The second-order valence-electron chi connectivity index (χ2n) is 12.0. The van der Waals surface area contributed by atoms with Gasteiger partial charge in [0.25, 0.3) is 0 Å². The van der Waals surface area contributed by atoms with E-state index in [-0.39, 0.29) is 29.2 Å². The second kappa shape index (κ2) is 11.0. The Bertz CT molecular complexity index is 1090. The summed E-state index contributed by atoms with van der Waals surface area (Å²) in [6, 6.07) is 10.5. The van der Waals surface area contributed by atoms with Crippen molar-refractivity contribution in [1.29, 1.82) is 0 Å². The lowest BCUT2D eigenvalue weighted by molar-refractivity contribution is -0.168. The molecule has 2 N–H and O–H groups in total. The molecule has 3 saturated heterocycles. The predicted molar refractivity (Wildman–Crippen MR) is 144 cm³/mol. The summed E-state index contributed by atoms with van der Waals surface area (Å²) in [5, 5.41) is 14.8. The van der Waals surface area contributed by atoms with Gasteiger partial charge in [-0.05, 0) is 44.1 Å². The Morgan fingerprint density at radius 2 is 1.67 bits per heavy atom. The maximum Gasteiger partial charge on any atom is 0.414 e. The molecular weight excluding hydrogens is 500 g/mol. The maximum atomic E-state index is 13.3. The van der Waals surface area contributed by atoms with Crippen molar-refractivity contribution in [2.75, 3.05) is 39.3 Å². The second-order valence-corrected chi connectivity index (χ2v) is 12.0. The first-order chi connectivity index (χ1) is 18.6. The lowest BCUT2D eigenvalue weighted by Gasteiger charge is -2.50. The number of carboxylic acid groups (broad SMARTS) is 2. The molecule has 39 heavy (non-hydrogen) atoms. The SMILES string of the molecule is C[C@@H]1CC[C@H]2C(CN3CCN(C/C=C/c4ccccc4)CC3)C(=O)O[C@]23[C@H]1CC[C@@]1(C)O[C@@H]31.O=C(O)C(=O)O. The van der Waals surface area contributed by atoms with Crippen molar-refractivity contribution >= 4 is 24.0 Å². The van der Waals surface area contributed by atoms with E-state index in [0.29, 0.717) is 17.8 Å². The van der Waals surface area contributed by atoms with Crippen molar-refractivity contribution < 1.29 is 34.1 Å². The van der Waals surface area contributed by atoms with Crippen molar-refractivity contribution in [2.24, 2.45) is 23.7 Å². The molecule has 1 spiro atoms. The van der Waals surface area contributed by atoms with E-state index in [9.17, 15) is 4.79 Å². The van der Waals surface area contributed by atoms with Gasteiger partial charge in [0.05, 0.1) is 11.5 Å². The zero-order valence-corrected chi connectivity index (χ0v) is 22.8. The number of carbonyl (C=O) groups is 3. The molecule has 3 aliphatic heterocycles. The summed E-state index contributed by atoms with van der Waals surface area (Å²) in [7, 11) is 0. The van der Waals surface area contributed by atoms with E-state index in [2.05, 4.69) is 66.1 Å². The average Bonchev–Trinajstić information content (AvgIpc) is 3.55. The van der Waals surface area contributed by atoms with Crippen LogP contribution in [0, 0.1) is 23.7 Å². The van der Waals surface area contributed by atoms with Crippen LogP contribution < -0.4 is 0 Å². The summed E-state index contributed by atoms with van der Waals surface area (Å²) >= 11 is 0. The van der Waals surface area contributed by atoms with Crippen LogP contribution in [0.4, 0.5) is 0 Å². The van der Waals surface area contributed by atoms with Crippen LogP contribution in [-0.4, -0.2) is 94.5 Å². The van der Waals surface area contributed by atoms with Crippen LogP contribution in [0.25, 0.3) is 6.08 Å². The summed E-state index contributed by atoms with van der Waals surface area (Å²) < 4.78 is 12.7. The number of esters is 1. The first-order valence-electron chi connectivity index (χ1n) is 14.2. The van der Waals surface area contributed by atoms with Gasteiger partial charge in [-0.15, -0.1) is 0 Å². The number of carboxylic acids is 2. The number of ether oxygens (including phenoxy) is 2. The Hall–Kier alpha value is -2.75. The summed E-state index contributed by atoms with van der Waals surface area (Å²) in [4.78, 5) is 36.5. The molecule has 5 aliphatic rings. The van der Waals surface area contributed by atoms with E-state index in [4.69, 9.17) is 29.3 Å². The molecule has 6 rings (SSSR count). The fraction of sp³-hybridized carbons (Fsp3) is 0.633. The molecule has 9 nitrogen and oxygen atoms in total. The summed E-state index contributed by atoms with van der Waals surface area (Å²) in [5.41, 5.74) is 0.847. The van der Waals surface area contributed by atoms with Gasteiger partial charge < -0.3 is 19.7 Å². The standard InChI is InChI=1S/C28H38N2O3.C2H2O4/c1-20-10-11-24-22(25(31)32-28(24)23(20)12-13-27(2)26(28)33-27)19-30-17-15-29(16-18-30)14-6-9-21-7-4-3-5-8-21;3-1(4)2(5)6/h3-9,20,22-24,26H,10-19H2,1-2H3;(H,3,4)(H,5,6)/b9-6+;/t20-,22?,23+,24+,26-,27-,28-;/m1./s1. The summed E-state index contributed by atoms with van der Waals surface area (Å²) in [6.07, 6.45) is 9.17. The summed E-state index contributed by atoms with van der Waals surface area (Å²) in [5.74, 6) is -2.17. The number of carbonyl (C=O) groups excluding carboxylic acids is 1. The van der Waals surface area contributed by atoms with E-state index >= 15 is 0 Å². The number of hydrogen-bond acceptors (Lipinski definition) is 7. The monoisotopic (exact) mass is 540 g/mol. The number of benzene rings is 1. The van der Waals surface area contributed by atoms with Gasteiger partial charge in [0, 0.05) is 51.1 Å². The van der Waals surface area contributed by atoms with Crippen molar-refractivity contribution in [1.82, 2.24) is 9.80 Å². The lowest BCUT2D eigenvalue weighted by Crippen LogP contribution is -2.58. The van der Waals surface area contributed by atoms with E-state index in [1.807, 2.05) is 0 Å². The van der Waals surface area contributed by atoms with Crippen LogP contribution in [-0.2, 0) is 23.9 Å². The fourth-order valence-corrected chi connectivity index (χ4v) is 7.60. The Labute approximate surface area is 229 Å². The third kappa shape index (κ3) is 5.49. The average molecular weight is 541 g/mol. The van der Waals surface area contributed by atoms with E-state index in [1.165, 1.54) is 12.0 Å². The number of fused-ring (bicyclic) bond motifs is 1. The Balaban J connectivity index is 0.000000465. The minimum atomic E-state index is -1.82. The van der Waals surface area contributed by atoms with Gasteiger partial charge in [0.2, 0.25) is 0 Å². The summed E-state index contributed by atoms with van der Waals surface area (Å²) in [6.45, 7) is 10.6. The molecule has 0 radical (unpaired) electrons. The molecule has 1 aromatic rings. The zero-order chi connectivity index (χ0) is 27.8. The smallest absolute Gasteiger partial charge is 0.414 e. The Morgan fingerprint density at radius 3 is 2.33 bits per heavy atom. The number of piperazine rings is 1. The van der Waals surface area contributed by atoms with Crippen LogP contribution in [0.3, 0.4) is 0 Å². The van der Waals surface area contributed by atoms with Crippen LogP contribution in [0.15, 0.2) is 36.4 Å². The van der Waals surface area contributed by atoms with Crippen LogP contribution >= 0.6 is 0 Å². The zero-order valence-electron chi connectivity index (χ0n) is 22.8. The molecule has 7 atom stereocenters. The molecule has 0 bridgehead atoms. The molecule has 2 saturated carbocycles. The lowest BCUT2D eigenvalue weighted by atomic mass is 9.55. The Kier molecular flexibility index (Phi) is 7.86. The molecule has 0 aromatic heterocycles. The molecular formula is C30H40N2O7. The van der Waals surface area contributed by atoms with Gasteiger partial charge in [-0.3, -0.25) is 14.6 Å². The molecule has 212 valence electrons. The van der Waals surface area contributed by atoms with E-state index in [0.717, 1.165) is 58.5 Å². The molecule has 0 amide bonds. The van der Waals surface area contributed by atoms with Crippen molar-refractivity contribution in [3.05, 3.63) is 42.0 Å². The van der Waals surface area contributed by atoms with E-state index < -0.39 is 11.9 Å². The van der Waals surface area contributed by atoms with Crippen molar-refractivity contribution in [3.8, 4) is 0 Å². The third-order valence-electron chi connectivity index (χ3n) is 9.67. The Morgan fingerprint density at radius 1 is 1.00 bits per heavy atom. The number of rotatable bonds is 5. The first kappa shape index (κ1) is 27.8. The van der Waals surface area contributed by atoms with E-state index in [1.54, 1.807) is 0 Å². The normalized spacial score (nSPS) is 37.6. The quantitative estimate of drug-likeness (QED) is 0.330.